The maximum absolute atomic E-state index is 5.84. The third-order valence-corrected chi connectivity index (χ3v) is 2.98. The van der Waals surface area contributed by atoms with Crippen molar-refractivity contribution >= 4 is 0 Å². The fourth-order valence-corrected chi connectivity index (χ4v) is 1.84. The van der Waals surface area contributed by atoms with E-state index in [-0.39, 0.29) is 6.10 Å². The average Bonchev–Trinajstić information content (AvgIpc) is 2.35. The Morgan fingerprint density at radius 2 is 1.82 bits per heavy atom. The first-order chi connectivity index (χ1) is 8.27. The molecule has 1 atom stereocenters. The van der Waals surface area contributed by atoms with Gasteiger partial charge >= 0.3 is 0 Å². The molecular weight excluding hydrogens is 210 g/mol. The van der Waals surface area contributed by atoms with E-state index in [0.29, 0.717) is 6.54 Å². The van der Waals surface area contributed by atoms with E-state index in [9.17, 15) is 0 Å². The van der Waals surface area contributed by atoms with Gasteiger partial charge in [-0.3, -0.25) is 0 Å². The molecule has 2 nitrogen and oxygen atoms in total. The molecule has 0 spiro atoms. The summed E-state index contributed by atoms with van der Waals surface area (Å²) in [6, 6.07) is 8.44. The predicted octanol–water partition coefficient (Wildman–Crippen LogP) is 3.59. The van der Waals surface area contributed by atoms with Gasteiger partial charge in [0.15, 0.2) is 0 Å². The third kappa shape index (κ3) is 5.33. The minimum absolute atomic E-state index is 0.0530. The van der Waals surface area contributed by atoms with Crippen LogP contribution in [-0.2, 0) is 4.74 Å². The van der Waals surface area contributed by atoms with Gasteiger partial charge in [-0.1, -0.05) is 56.0 Å². The molecule has 0 aliphatic rings. The number of hydrogen-bond acceptors (Lipinski definition) is 2. The zero-order valence-corrected chi connectivity index (χ0v) is 11.1. The summed E-state index contributed by atoms with van der Waals surface area (Å²) >= 11 is 0. The Kier molecular flexibility index (Phi) is 6.90. The normalized spacial score (nSPS) is 12.6. The molecule has 0 aromatic heterocycles. The minimum atomic E-state index is 0.0530. The number of benzene rings is 1. The Balaban J connectivity index is 2.35. The molecule has 1 aromatic rings. The van der Waals surface area contributed by atoms with Gasteiger partial charge in [0.1, 0.15) is 0 Å². The summed E-state index contributed by atoms with van der Waals surface area (Å²) in [5, 5.41) is 0. The molecule has 1 rings (SSSR count). The summed E-state index contributed by atoms with van der Waals surface area (Å²) < 4.78 is 5.84. The maximum Gasteiger partial charge on any atom is 0.0947 e. The monoisotopic (exact) mass is 235 g/mol. The van der Waals surface area contributed by atoms with Crippen molar-refractivity contribution in [2.75, 3.05) is 13.2 Å². The smallest absolute Gasteiger partial charge is 0.0947 e. The third-order valence-electron chi connectivity index (χ3n) is 2.98. The van der Waals surface area contributed by atoms with Crippen molar-refractivity contribution in [2.24, 2.45) is 5.73 Å². The second-order valence-corrected chi connectivity index (χ2v) is 4.57. The summed E-state index contributed by atoms with van der Waals surface area (Å²) in [5.41, 5.74) is 8.22. The van der Waals surface area contributed by atoms with Gasteiger partial charge in [-0.2, -0.15) is 0 Å². The van der Waals surface area contributed by atoms with E-state index in [2.05, 4.69) is 38.1 Å². The number of ether oxygens (including phenoxy) is 1. The number of rotatable bonds is 8. The van der Waals surface area contributed by atoms with Crippen LogP contribution in [0.25, 0.3) is 0 Å². The van der Waals surface area contributed by atoms with Crippen LogP contribution in [0.2, 0.25) is 0 Å². The Morgan fingerprint density at radius 3 is 2.41 bits per heavy atom. The Bertz CT molecular complexity index is 294. The van der Waals surface area contributed by atoms with Gasteiger partial charge < -0.3 is 10.5 Å². The van der Waals surface area contributed by atoms with Gasteiger partial charge in [0.2, 0.25) is 0 Å². The summed E-state index contributed by atoms with van der Waals surface area (Å²) in [7, 11) is 0. The van der Waals surface area contributed by atoms with Crippen molar-refractivity contribution in [3.63, 3.8) is 0 Å². The van der Waals surface area contributed by atoms with Crippen molar-refractivity contribution in [3.05, 3.63) is 35.4 Å². The Labute approximate surface area is 105 Å². The highest BCUT2D eigenvalue weighted by molar-refractivity contribution is 5.23. The van der Waals surface area contributed by atoms with Crippen LogP contribution in [0.15, 0.2) is 24.3 Å². The molecule has 0 fully saturated rings. The van der Waals surface area contributed by atoms with E-state index in [1.165, 1.54) is 30.4 Å². The standard InChI is InChI=1S/C15H25NO/c1-3-4-5-6-11-17-15(12-16)14-9-7-13(2)8-10-14/h7-10,15H,3-6,11-12,16H2,1-2H3. The molecule has 2 heteroatoms. The number of hydrogen-bond donors (Lipinski definition) is 1. The van der Waals surface area contributed by atoms with Gasteiger partial charge in [-0.15, -0.1) is 0 Å². The fourth-order valence-electron chi connectivity index (χ4n) is 1.84. The van der Waals surface area contributed by atoms with E-state index in [1.807, 2.05) is 0 Å². The molecule has 0 amide bonds. The first-order valence-corrected chi connectivity index (χ1v) is 6.66. The summed E-state index contributed by atoms with van der Waals surface area (Å²) in [4.78, 5) is 0. The zero-order valence-electron chi connectivity index (χ0n) is 11.1. The van der Waals surface area contributed by atoms with Crippen LogP contribution < -0.4 is 5.73 Å². The molecule has 1 aromatic carbocycles. The maximum atomic E-state index is 5.84. The van der Waals surface area contributed by atoms with E-state index in [4.69, 9.17) is 10.5 Å². The largest absolute Gasteiger partial charge is 0.372 e. The number of aryl methyl sites for hydroxylation is 1. The van der Waals surface area contributed by atoms with Crippen LogP contribution in [0.1, 0.15) is 49.8 Å². The van der Waals surface area contributed by atoms with Gasteiger partial charge in [0.05, 0.1) is 6.10 Å². The molecule has 0 radical (unpaired) electrons. The van der Waals surface area contributed by atoms with Crippen molar-refractivity contribution in [3.8, 4) is 0 Å². The number of nitrogens with two attached hydrogens (primary N) is 1. The molecule has 0 heterocycles. The molecule has 0 aliphatic heterocycles. The molecule has 1 unspecified atom stereocenters. The Morgan fingerprint density at radius 1 is 1.12 bits per heavy atom. The average molecular weight is 235 g/mol. The fraction of sp³-hybridized carbons (Fsp3) is 0.600. The molecular formula is C15H25NO. The lowest BCUT2D eigenvalue weighted by Gasteiger charge is -2.16. The van der Waals surface area contributed by atoms with Crippen LogP contribution in [0.4, 0.5) is 0 Å². The molecule has 0 saturated carbocycles. The molecule has 96 valence electrons. The van der Waals surface area contributed by atoms with Crippen LogP contribution in [0, 0.1) is 6.92 Å². The summed E-state index contributed by atoms with van der Waals surface area (Å²) in [6.07, 6.45) is 4.99. The van der Waals surface area contributed by atoms with E-state index < -0.39 is 0 Å². The minimum Gasteiger partial charge on any atom is -0.372 e. The highest BCUT2D eigenvalue weighted by Crippen LogP contribution is 2.17. The zero-order chi connectivity index (χ0) is 12.5. The second kappa shape index (κ2) is 8.26. The quantitative estimate of drug-likeness (QED) is 0.699. The van der Waals surface area contributed by atoms with Crippen LogP contribution in [0.3, 0.4) is 0 Å². The lowest BCUT2D eigenvalue weighted by Crippen LogP contribution is -2.16. The van der Waals surface area contributed by atoms with E-state index in [0.717, 1.165) is 13.0 Å². The summed E-state index contributed by atoms with van der Waals surface area (Å²) in [5.74, 6) is 0. The van der Waals surface area contributed by atoms with Crippen LogP contribution in [-0.4, -0.2) is 13.2 Å². The molecule has 0 aliphatic carbocycles. The van der Waals surface area contributed by atoms with E-state index in [1.54, 1.807) is 0 Å². The van der Waals surface area contributed by atoms with Crippen molar-refractivity contribution < 1.29 is 4.74 Å². The highest BCUT2D eigenvalue weighted by Gasteiger charge is 2.09. The predicted molar refractivity (Wildman–Crippen MR) is 73.1 cm³/mol. The molecule has 0 saturated heterocycles. The van der Waals surface area contributed by atoms with Gasteiger partial charge in [0, 0.05) is 13.2 Å². The summed E-state index contributed by atoms with van der Waals surface area (Å²) in [6.45, 7) is 5.68. The molecule has 2 N–H and O–H groups in total. The van der Waals surface area contributed by atoms with Crippen molar-refractivity contribution in [1.29, 1.82) is 0 Å². The lowest BCUT2D eigenvalue weighted by molar-refractivity contribution is 0.0558. The Hall–Kier alpha value is -0.860. The second-order valence-electron chi connectivity index (χ2n) is 4.57. The molecule has 17 heavy (non-hydrogen) atoms. The van der Waals surface area contributed by atoms with Crippen LogP contribution in [0.5, 0.6) is 0 Å². The first kappa shape index (κ1) is 14.2. The van der Waals surface area contributed by atoms with Gasteiger partial charge in [0.25, 0.3) is 0 Å². The van der Waals surface area contributed by atoms with E-state index >= 15 is 0 Å². The lowest BCUT2D eigenvalue weighted by atomic mass is 10.1. The van der Waals surface area contributed by atoms with Crippen LogP contribution >= 0.6 is 0 Å². The van der Waals surface area contributed by atoms with Crippen molar-refractivity contribution in [1.82, 2.24) is 0 Å². The molecule has 0 bridgehead atoms. The first-order valence-electron chi connectivity index (χ1n) is 6.66. The van der Waals surface area contributed by atoms with Crippen molar-refractivity contribution in [2.45, 2.75) is 45.6 Å². The number of unbranched alkanes of at least 4 members (excludes halogenated alkanes) is 3. The van der Waals surface area contributed by atoms with Gasteiger partial charge in [-0.25, -0.2) is 0 Å². The highest BCUT2D eigenvalue weighted by atomic mass is 16.5. The van der Waals surface area contributed by atoms with Gasteiger partial charge in [-0.05, 0) is 18.9 Å². The topological polar surface area (TPSA) is 35.2 Å². The SMILES string of the molecule is CCCCCCOC(CN)c1ccc(C)cc1.